The van der Waals surface area contributed by atoms with Gasteiger partial charge in [-0.25, -0.2) is 8.78 Å². The number of esters is 1. The first-order chi connectivity index (χ1) is 11.5. The second-order valence-electron chi connectivity index (χ2n) is 6.47. The first-order valence-electron chi connectivity index (χ1n) is 8.14. The predicted octanol–water partition coefficient (Wildman–Crippen LogP) is 1.97. The molecule has 1 aromatic rings. The number of hydrogen-bond donors (Lipinski definition) is 2. The number of nitrogens with one attached hydrogen (secondary N) is 2. The van der Waals surface area contributed by atoms with E-state index >= 15 is 0 Å². The lowest BCUT2D eigenvalue weighted by atomic mass is 9.79. The van der Waals surface area contributed by atoms with Crippen LogP contribution < -0.4 is 10.9 Å². The zero-order valence-electron chi connectivity index (χ0n) is 13.4. The van der Waals surface area contributed by atoms with Gasteiger partial charge in [0.15, 0.2) is 17.7 Å². The van der Waals surface area contributed by atoms with Gasteiger partial charge in [0, 0.05) is 18.2 Å². The molecule has 0 amide bonds. The van der Waals surface area contributed by atoms with Crippen molar-refractivity contribution in [2.24, 2.45) is 11.8 Å². The zero-order valence-corrected chi connectivity index (χ0v) is 13.4. The number of carbonyl (C=O) groups is 2. The standard InChI is InChI=1S/C17H20F2N2O3/c1-9(16(22)10-4-5-13(18)14(19)6-10)24-17(23)11-2-3-12-8-20-21-15(12)7-11/h4-6,9,11-12,15,20-21H,2-3,7-8H2,1H3. The van der Waals surface area contributed by atoms with Crippen molar-refractivity contribution in [2.75, 3.05) is 6.54 Å². The summed E-state index contributed by atoms with van der Waals surface area (Å²) in [6.45, 7) is 2.35. The predicted molar refractivity (Wildman–Crippen MR) is 82.0 cm³/mol. The van der Waals surface area contributed by atoms with E-state index in [1.54, 1.807) is 0 Å². The van der Waals surface area contributed by atoms with Crippen LogP contribution in [0.1, 0.15) is 36.5 Å². The van der Waals surface area contributed by atoms with Crippen LogP contribution in [0.3, 0.4) is 0 Å². The molecule has 3 rings (SSSR count). The summed E-state index contributed by atoms with van der Waals surface area (Å²) in [4.78, 5) is 24.5. The van der Waals surface area contributed by atoms with Crippen molar-refractivity contribution in [1.29, 1.82) is 0 Å². The number of fused-ring (bicyclic) bond motifs is 1. The van der Waals surface area contributed by atoms with E-state index in [0.717, 1.165) is 31.5 Å². The number of rotatable bonds is 4. The number of ether oxygens (including phenoxy) is 1. The number of hydrogen-bond acceptors (Lipinski definition) is 5. The maximum atomic E-state index is 13.2. The van der Waals surface area contributed by atoms with Gasteiger partial charge in [-0.1, -0.05) is 0 Å². The van der Waals surface area contributed by atoms with Crippen LogP contribution in [0.15, 0.2) is 18.2 Å². The van der Waals surface area contributed by atoms with Gasteiger partial charge in [0.25, 0.3) is 0 Å². The Morgan fingerprint density at radius 3 is 2.79 bits per heavy atom. The summed E-state index contributed by atoms with van der Waals surface area (Å²) in [5, 5.41) is 0. The minimum Gasteiger partial charge on any atom is -0.454 e. The minimum atomic E-state index is -1.10. The van der Waals surface area contributed by atoms with Gasteiger partial charge in [-0.15, -0.1) is 0 Å². The first kappa shape index (κ1) is 17.0. The highest BCUT2D eigenvalue weighted by Gasteiger charge is 2.38. The summed E-state index contributed by atoms with van der Waals surface area (Å²) in [5.41, 5.74) is 6.23. The fraction of sp³-hybridized carbons (Fsp3) is 0.529. The number of carbonyl (C=O) groups excluding carboxylic acids is 2. The van der Waals surface area contributed by atoms with Crippen LogP contribution >= 0.6 is 0 Å². The summed E-state index contributed by atoms with van der Waals surface area (Å²) in [7, 11) is 0. The lowest BCUT2D eigenvalue weighted by Crippen LogP contribution is -2.39. The van der Waals surface area contributed by atoms with Gasteiger partial charge in [-0.05, 0) is 50.3 Å². The Morgan fingerprint density at radius 2 is 2.04 bits per heavy atom. The SMILES string of the molecule is CC(OC(=O)C1CCC2CNNC2C1)C(=O)c1ccc(F)c(F)c1. The van der Waals surface area contributed by atoms with Gasteiger partial charge in [0.1, 0.15) is 0 Å². The number of halogens is 2. The third-order valence-corrected chi connectivity index (χ3v) is 4.84. The van der Waals surface area contributed by atoms with Crippen molar-refractivity contribution >= 4 is 11.8 Å². The molecule has 1 heterocycles. The van der Waals surface area contributed by atoms with Gasteiger partial charge < -0.3 is 4.74 Å². The summed E-state index contributed by atoms with van der Waals surface area (Å²) in [6.07, 6.45) is 1.29. The van der Waals surface area contributed by atoms with Crippen LogP contribution in [0.4, 0.5) is 8.78 Å². The second kappa shape index (κ2) is 6.94. The van der Waals surface area contributed by atoms with Crippen LogP contribution in [0.2, 0.25) is 0 Å². The van der Waals surface area contributed by atoms with Crippen LogP contribution in [0.25, 0.3) is 0 Å². The molecule has 130 valence electrons. The van der Waals surface area contributed by atoms with E-state index in [4.69, 9.17) is 4.74 Å². The highest BCUT2D eigenvalue weighted by Crippen LogP contribution is 2.31. The molecular formula is C17H20F2N2O3. The van der Waals surface area contributed by atoms with Crippen LogP contribution in [0, 0.1) is 23.5 Å². The van der Waals surface area contributed by atoms with E-state index in [-0.39, 0.29) is 17.5 Å². The Morgan fingerprint density at radius 1 is 1.25 bits per heavy atom. The quantitative estimate of drug-likeness (QED) is 0.649. The van der Waals surface area contributed by atoms with Gasteiger partial charge in [0.05, 0.1) is 5.92 Å². The highest BCUT2D eigenvalue weighted by molar-refractivity contribution is 6.00. The van der Waals surface area contributed by atoms with E-state index < -0.39 is 29.5 Å². The van der Waals surface area contributed by atoms with Crippen LogP contribution in [0.5, 0.6) is 0 Å². The second-order valence-corrected chi connectivity index (χ2v) is 6.47. The molecule has 7 heteroatoms. The molecule has 0 bridgehead atoms. The molecule has 4 atom stereocenters. The lowest BCUT2D eigenvalue weighted by Gasteiger charge is -2.30. The summed E-state index contributed by atoms with van der Waals surface area (Å²) in [6, 6.07) is 3.14. The number of benzene rings is 1. The molecule has 1 saturated heterocycles. The molecule has 2 N–H and O–H groups in total. The Kier molecular flexibility index (Phi) is 4.91. The number of Topliss-reactive ketones (excluding diaryl/α,β-unsaturated/α-hetero) is 1. The van der Waals surface area contributed by atoms with Gasteiger partial charge in [-0.3, -0.25) is 20.4 Å². The summed E-state index contributed by atoms with van der Waals surface area (Å²) in [5.74, 6) is -2.81. The average Bonchev–Trinajstić information content (AvgIpc) is 3.04. The van der Waals surface area contributed by atoms with Crippen molar-refractivity contribution in [1.82, 2.24) is 10.9 Å². The van der Waals surface area contributed by atoms with E-state index in [0.29, 0.717) is 12.3 Å². The van der Waals surface area contributed by atoms with Crippen molar-refractivity contribution < 1.29 is 23.1 Å². The molecule has 0 radical (unpaired) electrons. The van der Waals surface area contributed by atoms with Gasteiger partial charge in [-0.2, -0.15) is 0 Å². The van der Waals surface area contributed by atoms with Crippen molar-refractivity contribution in [3.8, 4) is 0 Å². The Bertz CT molecular complexity index is 653. The molecular weight excluding hydrogens is 318 g/mol. The molecule has 2 fully saturated rings. The molecule has 1 aliphatic heterocycles. The lowest BCUT2D eigenvalue weighted by molar-refractivity contribution is -0.152. The molecule has 24 heavy (non-hydrogen) atoms. The summed E-state index contributed by atoms with van der Waals surface area (Å²) >= 11 is 0. The fourth-order valence-corrected chi connectivity index (χ4v) is 3.40. The van der Waals surface area contributed by atoms with E-state index in [1.165, 1.54) is 13.0 Å². The minimum absolute atomic E-state index is 0.0143. The molecule has 5 nitrogen and oxygen atoms in total. The molecule has 1 saturated carbocycles. The molecule has 1 aromatic carbocycles. The van der Waals surface area contributed by atoms with Crippen molar-refractivity contribution in [3.05, 3.63) is 35.4 Å². The largest absolute Gasteiger partial charge is 0.454 e. The maximum Gasteiger partial charge on any atom is 0.309 e. The molecule has 4 unspecified atom stereocenters. The molecule has 2 aliphatic rings. The number of hydrazine groups is 1. The number of ketones is 1. The third-order valence-electron chi connectivity index (χ3n) is 4.84. The molecule has 1 aliphatic carbocycles. The fourth-order valence-electron chi connectivity index (χ4n) is 3.40. The average molecular weight is 338 g/mol. The Balaban J connectivity index is 1.59. The third kappa shape index (κ3) is 3.47. The Hall–Kier alpha value is -1.86. The van der Waals surface area contributed by atoms with E-state index in [9.17, 15) is 18.4 Å². The van der Waals surface area contributed by atoms with Crippen molar-refractivity contribution in [3.63, 3.8) is 0 Å². The van der Waals surface area contributed by atoms with Crippen molar-refractivity contribution in [2.45, 2.75) is 38.3 Å². The molecule has 0 aromatic heterocycles. The first-order valence-corrected chi connectivity index (χ1v) is 8.14. The van der Waals surface area contributed by atoms with E-state index in [1.807, 2.05) is 0 Å². The maximum absolute atomic E-state index is 13.2. The Labute approximate surface area is 138 Å². The van der Waals surface area contributed by atoms with Gasteiger partial charge in [0.2, 0.25) is 5.78 Å². The van der Waals surface area contributed by atoms with E-state index in [2.05, 4.69) is 10.9 Å². The zero-order chi connectivity index (χ0) is 17.3. The monoisotopic (exact) mass is 338 g/mol. The van der Waals surface area contributed by atoms with Crippen LogP contribution in [-0.2, 0) is 9.53 Å². The summed E-state index contributed by atoms with van der Waals surface area (Å²) < 4.78 is 31.4. The molecule has 0 spiro atoms. The smallest absolute Gasteiger partial charge is 0.309 e. The highest BCUT2D eigenvalue weighted by atomic mass is 19.2. The normalized spacial score (nSPS) is 27.4. The van der Waals surface area contributed by atoms with Gasteiger partial charge >= 0.3 is 5.97 Å². The van der Waals surface area contributed by atoms with Crippen LogP contribution in [-0.4, -0.2) is 30.4 Å². The topological polar surface area (TPSA) is 67.4 Å².